The normalized spacial score (nSPS) is 10.2. The van der Waals surface area contributed by atoms with Crippen molar-refractivity contribution in [2.24, 2.45) is 0 Å². The van der Waals surface area contributed by atoms with Gasteiger partial charge in [0.2, 0.25) is 0 Å². The molecule has 0 aliphatic heterocycles. The van der Waals surface area contributed by atoms with E-state index in [0.717, 1.165) is 0 Å². The van der Waals surface area contributed by atoms with E-state index in [1.165, 1.54) is 25.3 Å². The summed E-state index contributed by atoms with van der Waals surface area (Å²) in [7, 11) is 1.26. The monoisotopic (exact) mass is 206 g/mol. The molecule has 0 fully saturated rings. The van der Waals surface area contributed by atoms with Crippen molar-refractivity contribution >= 4 is 18.0 Å². The van der Waals surface area contributed by atoms with Crippen LogP contribution in [-0.2, 0) is 9.53 Å². The Bertz CT molecular complexity index is 407. The number of ether oxygens (including phenoxy) is 1. The van der Waals surface area contributed by atoms with Crippen LogP contribution >= 0.6 is 0 Å². The number of esters is 1. The minimum Gasteiger partial charge on any atom is -0.478 e. The Morgan fingerprint density at radius 1 is 1.33 bits per heavy atom. The standard InChI is InChI=1S/C11H10O4/c1-15-10(12)7-6-8-4-2-3-5-9(8)11(13)14/h2-7H,1H3,(H,13,14)/b7-6+. The Labute approximate surface area is 86.8 Å². The molecule has 4 nitrogen and oxygen atoms in total. The largest absolute Gasteiger partial charge is 0.478 e. The Kier molecular flexibility index (Phi) is 3.62. The average molecular weight is 206 g/mol. The van der Waals surface area contributed by atoms with Crippen LogP contribution in [0.15, 0.2) is 30.3 Å². The summed E-state index contributed by atoms with van der Waals surface area (Å²) in [6, 6.07) is 6.41. The number of methoxy groups -OCH3 is 1. The van der Waals surface area contributed by atoms with Crippen LogP contribution in [0.2, 0.25) is 0 Å². The van der Waals surface area contributed by atoms with Crippen LogP contribution in [-0.4, -0.2) is 24.2 Å². The lowest BCUT2D eigenvalue weighted by molar-refractivity contribution is -0.134. The third-order valence-electron chi connectivity index (χ3n) is 1.79. The van der Waals surface area contributed by atoms with E-state index < -0.39 is 11.9 Å². The summed E-state index contributed by atoms with van der Waals surface area (Å²) >= 11 is 0. The molecule has 0 aliphatic carbocycles. The molecule has 1 aromatic rings. The van der Waals surface area contributed by atoms with E-state index in [4.69, 9.17) is 5.11 Å². The molecule has 1 N–H and O–H groups in total. The summed E-state index contributed by atoms with van der Waals surface area (Å²) in [5.41, 5.74) is 0.619. The van der Waals surface area contributed by atoms with Crippen molar-refractivity contribution < 1.29 is 19.4 Å². The summed E-state index contributed by atoms with van der Waals surface area (Å²) < 4.78 is 4.40. The predicted molar refractivity (Wildman–Crippen MR) is 54.5 cm³/mol. The molecule has 1 rings (SSSR count). The molecular weight excluding hydrogens is 196 g/mol. The zero-order valence-electron chi connectivity index (χ0n) is 8.14. The minimum absolute atomic E-state index is 0.151. The lowest BCUT2D eigenvalue weighted by atomic mass is 10.1. The van der Waals surface area contributed by atoms with E-state index in [9.17, 15) is 9.59 Å². The van der Waals surface area contributed by atoms with Crippen LogP contribution in [0.3, 0.4) is 0 Å². The fourth-order valence-electron chi connectivity index (χ4n) is 1.06. The van der Waals surface area contributed by atoms with E-state index in [-0.39, 0.29) is 5.56 Å². The molecule has 0 aromatic heterocycles. The van der Waals surface area contributed by atoms with Crippen molar-refractivity contribution in [1.82, 2.24) is 0 Å². The van der Waals surface area contributed by atoms with Gasteiger partial charge >= 0.3 is 11.9 Å². The minimum atomic E-state index is -1.03. The van der Waals surface area contributed by atoms with Crippen LogP contribution < -0.4 is 0 Å². The lowest BCUT2D eigenvalue weighted by Gasteiger charge is -1.99. The van der Waals surface area contributed by atoms with E-state index in [1.54, 1.807) is 18.2 Å². The lowest BCUT2D eigenvalue weighted by Crippen LogP contribution is -1.99. The molecular formula is C11H10O4. The van der Waals surface area contributed by atoms with Crippen molar-refractivity contribution in [3.63, 3.8) is 0 Å². The van der Waals surface area contributed by atoms with Gasteiger partial charge in [-0.2, -0.15) is 0 Å². The first kappa shape index (κ1) is 11.0. The number of benzene rings is 1. The molecule has 0 saturated carbocycles. The van der Waals surface area contributed by atoms with Crippen LogP contribution in [0, 0.1) is 0 Å². The maximum Gasteiger partial charge on any atom is 0.336 e. The molecule has 4 heteroatoms. The molecule has 78 valence electrons. The van der Waals surface area contributed by atoms with Gasteiger partial charge < -0.3 is 9.84 Å². The summed E-state index contributed by atoms with van der Waals surface area (Å²) in [5, 5.41) is 8.84. The number of carbonyl (C=O) groups is 2. The van der Waals surface area contributed by atoms with Crippen LogP contribution in [0.25, 0.3) is 6.08 Å². The molecule has 0 aliphatic rings. The predicted octanol–water partition coefficient (Wildman–Crippen LogP) is 1.57. The highest BCUT2D eigenvalue weighted by Gasteiger charge is 2.06. The summed E-state index contributed by atoms with van der Waals surface area (Å²) in [4.78, 5) is 21.6. The molecule has 0 amide bonds. The van der Waals surface area contributed by atoms with Gasteiger partial charge in [0.1, 0.15) is 0 Å². The van der Waals surface area contributed by atoms with Gasteiger partial charge in [0.25, 0.3) is 0 Å². The molecule has 15 heavy (non-hydrogen) atoms. The number of carboxylic acids is 1. The highest BCUT2D eigenvalue weighted by molar-refractivity contribution is 5.94. The van der Waals surface area contributed by atoms with Gasteiger partial charge in [-0.3, -0.25) is 0 Å². The fraction of sp³-hybridized carbons (Fsp3) is 0.0909. The Hall–Kier alpha value is -2.10. The number of hydrogen-bond donors (Lipinski definition) is 1. The van der Waals surface area contributed by atoms with Crippen LogP contribution in [0.5, 0.6) is 0 Å². The van der Waals surface area contributed by atoms with Crippen molar-refractivity contribution in [1.29, 1.82) is 0 Å². The van der Waals surface area contributed by atoms with Gasteiger partial charge in [-0.25, -0.2) is 9.59 Å². The fourth-order valence-corrected chi connectivity index (χ4v) is 1.06. The zero-order valence-corrected chi connectivity index (χ0v) is 8.14. The van der Waals surface area contributed by atoms with Crippen LogP contribution in [0.4, 0.5) is 0 Å². The average Bonchev–Trinajstić information content (AvgIpc) is 2.26. The molecule has 1 aromatic carbocycles. The van der Waals surface area contributed by atoms with Crippen molar-refractivity contribution in [3.05, 3.63) is 41.5 Å². The van der Waals surface area contributed by atoms with Gasteiger partial charge in [0.15, 0.2) is 0 Å². The molecule has 0 radical (unpaired) electrons. The second kappa shape index (κ2) is 4.95. The van der Waals surface area contributed by atoms with Gasteiger partial charge in [-0.1, -0.05) is 18.2 Å². The third-order valence-corrected chi connectivity index (χ3v) is 1.79. The molecule has 0 atom stereocenters. The first-order valence-electron chi connectivity index (χ1n) is 4.23. The molecule has 0 bridgehead atoms. The van der Waals surface area contributed by atoms with Gasteiger partial charge in [-0.05, 0) is 17.7 Å². The summed E-state index contributed by atoms with van der Waals surface area (Å²) in [5.74, 6) is -1.55. The molecule has 0 heterocycles. The Morgan fingerprint density at radius 2 is 2.00 bits per heavy atom. The highest BCUT2D eigenvalue weighted by Crippen LogP contribution is 2.10. The summed E-state index contributed by atoms with van der Waals surface area (Å²) in [6.07, 6.45) is 2.59. The quantitative estimate of drug-likeness (QED) is 0.602. The smallest absolute Gasteiger partial charge is 0.336 e. The topological polar surface area (TPSA) is 63.6 Å². The molecule has 0 spiro atoms. The van der Waals surface area contributed by atoms with Crippen molar-refractivity contribution in [2.75, 3.05) is 7.11 Å². The van der Waals surface area contributed by atoms with E-state index in [0.29, 0.717) is 5.56 Å². The number of rotatable bonds is 3. The number of hydrogen-bond acceptors (Lipinski definition) is 3. The zero-order chi connectivity index (χ0) is 11.3. The maximum atomic E-state index is 10.8. The highest BCUT2D eigenvalue weighted by atomic mass is 16.5. The van der Waals surface area contributed by atoms with Gasteiger partial charge in [0, 0.05) is 6.08 Å². The van der Waals surface area contributed by atoms with Crippen molar-refractivity contribution in [3.8, 4) is 0 Å². The van der Waals surface area contributed by atoms with E-state index in [1.807, 2.05) is 0 Å². The molecule has 0 unspecified atom stereocenters. The summed E-state index contributed by atoms with van der Waals surface area (Å²) in [6.45, 7) is 0. The SMILES string of the molecule is COC(=O)/C=C/c1ccccc1C(=O)O. The number of carboxylic acid groups (broad SMARTS) is 1. The van der Waals surface area contributed by atoms with Gasteiger partial charge in [-0.15, -0.1) is 0 Å². The third kappa shape index (κ3) is 2.95. The van der Waals surface area contributed by atoms with Crippen LogP contribution in [0.1, 0.15) is 15.9 Å². The maximum absolute atomic E-state index is 10.8. The first-order chi connectivity index (χ1) is 7.15. The second-order valence-corrected chi connectivity index (χ2v) is 2.75. The first-order valence-corrected chi connectivity index (χ1v) is 4.23. The van der Waals surface area contributed by atoms with E-state index in [2.05, 4.69) is 4.74 Å². The molecule has 0 saturated heterocycles. The Morgan fingerprint density at radius 3 is 2.60 bits per heavy atom. The second-order valence-electron chi connectivity index (χ2n) is 2.75. The number of carbonyl (C=O) groups excluding carboxylic acids is 1. The van der Waals surface area contributed by atoms with Gasteiger partial charge in [0.05, 0.1) is 12.7 Å². The van der Waals surface area contributed by atoms with E-state index >= 15 is 0 Å². The Balaban J connectivity index is 2.99. The number of aromatic carboxylic acids is 1. The van der Waals surface area contributed by atoms with Crippen molar-refractivity contribution in [2.45, 2.75) is 0 Å².